The van der Waals surface area contributed by atoms with Crippen molar-refractivity contribution in [2.75, 3.05) is 0 Å². The van der Waals surface area contributed by atoms with E-state index in [1.54, 1.807) is 0 Å². The molecule has 3 heteroatoms. The molecule has 0 atom stereocenters. The van der Waals surface area contributed by atoms with Gasteiger partial charge in [0, 0.05) is 0 Å². The van der Waals surface area contributed by atoms with Crippen LogP contribution in [0.25, 0.3) is 0 Å². The maximum Gasteiger partial charge on any atom is 0.387 e. The van der Waals surface area contributed by atoms with Crippen LogP contribution in [-0.4, -0.2) is 6.61 Å². The summed E-state index contributed by atoms with van der Waals surface area (Å²) in [5.41, 5.74) is 0. The monoisotopic (exact) mass is 134 g/mol. The molecular formula is C6H8F2O. The summed E-state index contributed by atoms with van der Waals surface area (Å²) in [6.07, 6.45) is 2.75. The highest BCUT2D eigenvalue weighted by Crippen LogP contribution is 2.03. The predicted octanol–water partition coefficient (Wildman–Crippen LogP) is 2.32. The average Bonchev–Trinajstić information content (AvgIpc) is 1.63. The van der Waals surface area contributed by atoms with Gasteiger partial charge in [-0.15, -0.1) is 0 Å². The Labute approximate surface area is 52.6 Å². The van der Waals surface area contributed by atoms with E-state index in [1.165, 1.54) is 19.1 Å². The fourth-order valence-electron chi connectivity index (χ4n) is 0.346. The Bertz CT molecular complexity index is 118. The van der Waals surface area contributed by atoms with Gasteiger partial charge in [-0.25, -0.2) is 0 Å². The molecule has 0 aromatic carbocycles. The molecule has 0 aliphatic rings. The van der Waals surface area contributed by atoms with Gasteiger partial charge < -0.3 is 4.74 Å². The number of hydrogen-bond acceptors (Lipinski definition) is 1. The lowest BCUT2D eigenvalue weighted by Gasteiger charge is -2.01. The van der Waals surface area contributed by atoms with Crippen molar-refractivity contribution < 1.29 is 13.5 Å². The minimum absolute atomic E-state index is 0.167. The number of halogens is 2. The van der Waals surface area contributed by atoms with Gasteiger partial charge in [0.05, 0.1) is 5.76 Å². The van der Waals surface area contributed by atoms with Crippen LogP contribution < -0.4 is 0 Å². The van der Waals surface area contributed by atoms with E-state index in [0.29, 0.717) is 0 Å². The van der Waals surface area contributed by atoms with Gasteiger partial charge in [-0.1, -0.05) is 12.7 Å². The lowest BCUT2D eigenvalue weighted by atomic mass is 10.5. The molecule has 52 valence electrons. The van der Waals surface area contributed by atoms with Crippen molar-refractivity contribution in [1.82, 2.24) is 0 Å². The summed E-state index contributed by atoms with van der Waals surface area (Å²) in [7, 11) is 0. The summed E-state index contributed by atoms with van der Waals surface area (Å²) < 4.78 is 26.6. The van der Waals surface area contributed by atoms with Crippen molar-refractivity contribution in [1.29, 1.82) is 0 Å². The molecule has 1 nitrogen and oxygen atoms in total. The molecule has 0 spiro atoms. The molecule has 0 aliphatic heterocycles. The summed E-state index contributed by atoms with van der Waals surface area (Å²) >= 11 is 0. The molecular weight excluding hydrogens is 126 g/mol. The van der Waals surface area contributed by atoms with E-state index < -0.39 is 6.61 Å². The van der Waals surface area contributed by atoms with Crippen LogP contribution in [-0.2, 0) is 4.74 Å². The molecule has 0 bridgehead atoms. The Morgan fingerprint density at radius 1 is 1.67 bits per heavy atom. The number of ether oxygens (including phenoxy) is 1. The van der Waals surface area contributed by atoms with Crippen LogP contribution in [0.5, 0.6) is 0 Å². The van der Waals surface area contributed by atoms with Crippen LogP contribution in [0.3, 0.4) is 0 Å². The highest BCUT2D eigenvalue weighted by atomic mass is 19.3. The van der Waals surface area contributed by atoms with E-state index in [4.69, 9.17) is 0 Å². The molecule has 0 amide bonds. The zero-order valence-corrected chi connectivity index (χ0v) is 5.10. The Balaban J connectivity index is 3.61. The standard InChI is InChI=1S/C6H8F2O/c1-3-4-5(2)9-6(7)8/h3-4,6H,1H2,2H3/b5-4+. The maximum absolute atomic E-state index is 11.3. The van der Waals surface area contributed by atoms with E-state index in [1.807, 2.05) is 0 Å². The summed E-state index contributed by atoms with van der Waals surface area (Å²) in [5, 5.41) is 0. The molecule has 0 N–H and O–H groups in total. The van der Waals surface area contributed by atoms with E-state index in [0.717, 1.165) is 0 Å². The first-order chi connectivity index (χ1) is 4.16. The third kappa shape index (κ3) is 5.00. The summed E-state index contributed by atoms with van der Waals surface area (Å²) in [4.78, 5) is 0. The highest BCUT2D eigenvalue weighted by molar-refractivity contribution is 5.01. The quantitative estimate of drug-likeness (QED) is 0.425. The van der Waals surface area contributed by atoms with E-state index >= 15 is 0 Å². The number of rotatable bonds is 3. The topological polar surface area (TPSA) is 9.23 Å². The van der Waals surface area contributed by atoms with E-state index in [2.05, 4.69) is 11.3 Å². The first-order valence-electron chi connectivity index (χ1n) is 2.41. The largest absolute Gasteiger partial charge is 0.440 e. The minimum Gasteiger partial charge on any atom is -0.440 e. The second-order valence-electron chi connectivity index (χ2n) is 1.39. The van der Waals surface area contributed by atoms with Gasteiger partial charge in [0.2, 0.25) is 0 Å². The van der Waals surface area contributed by atoms with Crippen molar-refractivity contribution in [2.45, 2.75) is 13.5 Å². The van der Waals surface area contributed by atoms with Gasteiger partial charge in [0.15, 0.2) is 0 Å². The van der Waals surface area contributed by atoms with Crippen LogP contribution >= 0.6 is 0 Å². The number of allylic oxidation sites excluding steroid dienone is 3. The maximum atomic E-state index is 11.3. The third-order valence-corrected chi connectivity index (χ3v) is 0.628. The summed E-state index contributed by atoms with van der Waals surface area (Å²) in [6, 6.07) is 0. The normalized spacial score (nSPS) is 11.8. The van der Waals surface area contributed by atoms with Crippen molar-refractivity contribution in [3.63, 3.8) is 0 Å². The number of hydrogen-bond donors (Lipinski definition) is 0. The average molecular weight is 134 g/mol. The molecule has 0 saturated carbocycles. The molecule has 0 rings (SSSR count). The van der Waals surface area contributed by atoms with Crippen molar-refractivity contribution in [3.8, 4) is 0 Å². The Kier molecular flexibility index (Phi) is 3.67. The van der Waals surface area contributed by atoms with Crippen LogP contribution in [0.2, 0.25) is 0 Å². The molecule has 0 heterocycles. The second-order valence-corrected chi connectivity index (χ2v) is 1.39. The van der Waals surface area contributed by atoms with Crippen LogP contribution in [0, 0.1) is 0 Å². The van der Waals surface area contributed by atoms with Crippen LogP contribution in [0.15, 0.2) is 24.5 Å². The summed E-state index contributed by atoms with van der Waals surface area (Å²) in [6.45, 7) is 2.01. The van der Waals surface area contributed by atoms with Gasteiger partial charge >= 0.3 is 6.61 Å². The zero-order chi connectivity index (χ0) is 7.28. The smallest absolute Gasteiger partial charge is 0.387 e. The van der Waals surface area contributed by atoms with Crippen molar-refractivity contribution in [3.05, 3.63) is 24.5 Å². The predicted molar refractivity (Wildman–Crippen MR) is 31.0 cm³/mol. The van der Waals surface area contributed by atoms with E-state index in [9.17, 15) is 8.78 Å². The van der Waals surface area contributed by atoms with Crippen molar-refractivity contribution >= 4 is 0 Å². The SMILES string of the molecule is C=C/C=C(\C)OC(F)F. The van der Waals surface area contributed by atoms with Gasteiger partial charge in [-0.2, -0.15) is 8.78 Å². The Morgan fingerprint density at radius 3 is 2.56 bits per heavy atom. The van der Waals surface area contributed by atoms with Crippen LogP contribution in [0.1, 0.15) is 6.92 Å². The first kappa shape index (κ1) is 8.14. The fraction of sp³-hybridized carbons (Fsp3) is 0.333. The Hall–Kier alpha value is -0.860. The van der Waals surface area contributed by atoms with E-state index in [-0.39, 0.29) is 5.76 Å². The molecule has 0 aromatic rings. The highest BCUT2D eigenvalue weighted by Gasteiger charge is 1.99. The molecule has 0 radical (unpaired) electrons. The molecule has 0 saturated heterocycles. The Morgan fingerprint density at radius 2 is 2.22 bits per heavy atom. The van der Waals surface area contributed by atoms with Gasteiger partial charge in [-0.05, 0) is 13.0 Å². The zero-order valence-electron chi connectivity index (χ0n) is 5.10. The van der Waals surface area contributed by atoms with Gasteiger partial charge in [0.1, 0.15) is 0 Å². The number of alkyl halides is 2. The summed E-state index contributed by atoms with van der Waals surface area (Å²) in [5.74, 6) is 0.167. The second kappa shape index (κ2) is 4.06. The first-order valence-corrected chi connectivity index (χ1v) is 2.41. The van der Waals surface area contributed by atoms with Gasteiger partial charge in [-0.3, -0.25) is 0 Å². The van der Waals surface area contributed by atoms with Crippen LogP contribution in [0.4, 0.5) is 8.78 Å². The molecule has 0 aromatic heterocycles. The molecule has 0 unspecified atom stereocenters. The lowest BCUT2D eigenvalue weighted by molar-refractivity contribution is -0.0953. The third-order valence-electron chi connectivity index (χ3n) is 0.628. The van der Waals surface area contributed by atoms with Gasteiger partial charge in [0.25, 0.3) is 0 Å². The van der Waals surface area contributed by atoms with Crippen molar-refractivity contribution in [2.24, 2.45) is 0 Å². The fourth-order valence-corrected chi connectivity index (χ4v) is 0.346. The molecule has 0 aliphatic carbocycles. The molecule has 0 fully saturated rings. The minimum atomic E-state index is -2.74. The molecule has 9 heavy (non-hydrogen) atoms. The lowest BCUT2D eigenvalue weighted by Crippen LogP contribution is -1.95.